The zero-order valence-corrected chi connectivity index (χ0v) is 16.0. The van der Waals surface area contributed by atoms with E-state index in [1.165, 1.54) is 7.05 Å². The third-order valence-corrected chi connectivity index (χ3v) is 7.10. The van der Waals surface area contributed by atoms with Gasteiger partial charge in [-0.25, -0.2) is 13.1 Å². The van der Waals surface area contributed by atoms with Crippen molar-refractivity contribution >= 4 is 21.6 Å². The number of sulfonamides is 1. The van der Waals surface area contributed by atoms with E-state index in [0.717, 1.165) is 19.3 Å². The highest BCUT2D eigenvalue weighted by Gasteiger charge is 2.36. The van der Waals surface area contributed by atoms with Gasteiger partial charge in [0.1, 0.15) is 4.90 Å². The van der Waals surface area contributed by atoms with Gasteiger partial charge in [-0.1, -0.05) is 18.6 Å². The lowest BCUT2D eigenvalue weighted by molar-refractivity contribution is -0.136. The summed E-state index contributed by atoms with van der Waals surface area (Å²) in [6.07, 6.45) is 3.06. The fraction of sp³-hybridized carbons (Fsp3) is 0.611. The number of piperazine rings is 1. The topological polar surface area (TPSA) is 95.7 Å². The van der Waals surface area contributed by atoms with Crippen LogP contribution in [0.15, 0.2) is 29.2 Å². The number of rotatable bonds is 5. The lowest BCUT2D eigenvalue weighted by atomic mass is 9.94. The maximum Gasteiger partial charge on any atom is 0.242 e. The third-order valence-electron chi connectivity index (χ3n) is 5.63. The molecule has 3 rings (SSSR count). The molecular weight excluding hydrogens is 352 g/mol. The highest BCUT2D eigenvalue weighted by atomic mass is 32.2. The summed E-state index contributed by atoms with van der Waals surface area (Å²) >= 11 is 0. The average molecular weight is 381 g/mol. The van der Waals surface area contributed by atoms with Crippen LogP contribution < -0.4 is 15.4 Å². The van der Waals surface area contributed by atoms with E-state index in [1.54, 1.807) is 12.1 Å². The molecular formula is C18H28N4O3S. The van der Waals surface area contributed by atoms with Gasteiger partial charge in [0.15, 0.2) is 0 Å². The fourth-order valence-electron chi connectivity index (χ4n) is 4.10. The molecule has 0 spiro atoms. The van der Waals surface area contributed by atoms with Gasteiger partial charge in [-0.3, -0.25) is 4.79 Å². The number of hydrogen-bond donors (Lipinski definition) is 2. The number of nitrogens with one attached hydrogen (secondary N) is 1. The molecule has 1 heterocycles. The number of benzene rings is 1. The van der Waals surface area contributed by atoms with Crippen molar-refractivity contribution in [2.45, 2.75) is 24.2 Å². The van der Waals surface area contributed by atoms with Crippen LogP contribution in [-0.2, 0) is 14.8 Å². The second-order valence-corrected chi connectivity index (χ2v) is 8.88. The van der Waals surface area contributed by atoms with E-state index in [1.807, 2.05) is 21.9 Å². The maximum atomic E-state index is 12.8. The Morgan fingerprint density at radius 1 is 1.19 bits per heavy atom. The Balaban J connectivity index is 1.69. The van der Waals surface area contributed by atoms with Crippen molar-refractivity contribution in [3.8, 4) is 0 Å². The number of hydrogen-bond acceptors (Lipinski definition) is 5. The molecule has 1 saturated heterocycles. The van der Waals surface area contributed by atoms with Gasteiger partial charge < -0.3 is 15.5 Å². The second-order valence-electron chi connectivity index (χ2n) is 7.02. The molecule has 26 heavy (non-hydrogen) atoms. The Morgan fingerprint density at radius 2 is 1.88 bits per heavy atom. The minimum Gasteiger partial charge on any atom is -0.367 e. The first-order valence-corrected chi connectivity index (χ1v) is 10.7. The summed E-state index contributed by atoms with van der Waals surface area (Å²) in [6, 6.07) is 7.00. The Labute approximate surface area is 155 Å². The zero-order chi connectivity index (χ0) is 18.7. The van der Waals surface area contributed by atoms with E-state index in [0.29, 0.717) is 44.3 Å². The molecule has 1 saturated carbocycles. The van der Waals surface area contributed by atoms with E-state index < -0.39 is 10.0 Å². The zero-order valence-electron chi connectivity index (χ0n) is 15.2. The summed E-state index contributed by atoms with van der Waals surface area (Å²) in [6.45, 7) is 3.05. The first kappa shape index (κ1) is 19.1. The van der Waals surface area contributed by atoms with E-state index in [-0.39, 0.29) is 16.7 Å². The molecule has 1 aliphatic carbocycles. The van der Waals surface area contributed by atoms with Crippen molar-refractivity contribution in [3.63, 3.8) is 0 Å². The minimum atomic E-state index is -3.52. The van der Waals surface area contributed by atoms with Crippen LogP contribution >= 0.6 is 0 Å². The molecule has 2 atom stereocenters. The second kappa shape index (κ2) is 7.94. The molecule has 0 bridgehead atoms. The van der Waals surface area contributed by atoms with Gasteiger partial charge in [0.2, 0.25) is 15.9 Å². The van der Waals surface area contributed by atoms with Crippen molar-refractivity contribution in [1.29, 1.82) is 0 Å². The average Bonchev–Trinajstić information content (AvgIpc) is 3.16. The van der Waals surface area contributed by atoms with Crippen LogP contribution in [0.5, 0.6) is 0 Å². The van der Waals surface area contributed by atoms with Crippen molar-refractivity contribution in [1.82, 2.24) is 9.62 Å². The Morgan fingerprint density at radius 3 is 2.54 bits per heavy atom. The van der Waals surface area contributed by atoms with Gasteiger partial charge in [0.05, 0.1) is 5.69 Å². The Bertz CT molecular complexity index is 745. The first-order valence-electron chi connectivity index (χ1n) is 9.24. The number of carbonyl (C=O) groups excluding carboxylic acids is 1. The summed E-state index contributed by atoms with van der Waals surface area (Å²) in [4.78, 5) is 17.1. The van der Waals surface area contributed by atoms with E-state index in [9.17, 15) is 13.2 Å². The lowest BCUT2D eigenvalue weighted by Crippen LogP contribution is -2.51. The molecule has 0 unspecified atom stereocenters. The van der Waals surface area contributed by atoms with E-state index >= 15 is 0 Å². The Kier molecular flexibility index (Phi) is 5.84. The number of carbonyl (C=O) groups is 1. The number of amides is 1. The molecule has 1 aromatic carbocycles. The third kappa shape index (κ3) is 3.72. The van der Waals surface area contributed by atoms with Crippen LogP contribution in [0.1, 0.15) is 19.3 Å². The van der Waals surface area contributed by atoms with Crippen LogP contribution in [-0.4, -0.2) is 59.0 Å². The van der Waals surface area contributed by atoms with Gasteiger partial charge in [-0.15, -0.1) is 0 Å². The van der Waals surface area contributed by atoms with Gasteiger partial charge in [0, 0.05) is 32.1 Å². The molecule has 2 aliphatic rings. The minimum absolute atomic E-state index is 0.0588. The summed E-state index contributed by atoms with van der Waals surface area (Å²) in [7, 11) is -2.10. The van der Waals surface area contributed by atoms with Gasteiger partial charge in [-0.05, 0) is 44.5 Å². The quantitative estimate of drug-likeness (QED) is 0.781. The number of para-hydroxylation sites is 1. The SMILES string of the molecule is CNS(=O)(=O)c1ccccc1N1CCN(C(=O)[C@@H]2CCC[C@@H]2CN)CC1. The first-order chi connectivity index (χ1) is 12.5. The molecule has 0 aromatic heterocycles. The summed E-state index contributed by atoms with van der Waals surface area (Å²) in [5.74, 6) is 0.583. The standard InChI is InChI=1S/C18H28N4O3S/c1-20-26(24,25)17-8-3-2-7-16(17)21-9-11-22(12-10-21)18(23)15-6-4-5-14(15)13-19/h2-3,7-8,14-15,20H,4-6,9-13,19H2,1H3/t14-,15-/m1/s1. The van der Waals surface area contributed by atoms with Crippen LogP contribution in [0.4, 0.5) is 5.69 Å². The number of anilines is 1. The fourth-order valence-corrected chi connectivity index (χ4v) is 5.05. The van der Waals surface area contributed by atoms with Crippen LogP contribution in [0.25, 0.3) is 0 Å². The highest BCUT2D eigenvalue weighted by molar-refractivity contribution is 7.89. The van der Waals surface area contributed by atoms with Gasteiger partial charge in [-0.2, -0.15) is 0 Å². The molecule has 1 amide bonds. The smallest absolute Gasteiger partial charge is 0.242 e. The molecule has 2 fully saturated rings. The molecule has 7 nitrogen and oxygen atoms in total. The monoisotopic (exact) mass is 380 g/mol. The van der Waals surface area contributed by atoms with E-state index in [2.05, 4.69) is 4.72 Å². The summed E-state index contributed by atoms with van der Waals surface area (Å²) in [5.41, 5.74) is 6.51. The van der Waals surface area contributed by atoms with E-state index in [4.69, 9.17) is 5.73 Å². The predicted octanol–water partition coefficient (Wildman–Crippen LogP) is 0.618. The van der Waals surface area contributed by atoms with Crippen molar-refractivity contribution < 1.29 is 13.2 Å². The summed E-state index contributed by atoms with van der Waals surface area (Å²) < 4.78 is 26.9. The van der Waals surface area contributed by atoms with Gasteiger partial charge >= 0.3 is 0 Å². The predicted molar refractivity (Wildman–Crippen MR) is 101 cm³/mol. The van der Waals surface area contributed by atoms with Crippen molar-refractivity contribution in [3.05, 3.63) is 24.3 Å². The molecule has 1 aromatic rings. The Hall–Kier alpha value is -1.64. The van der Waals surface area contributed by atoms with Crippen molar-refractivity contribution in [2.75, 3.05) is 44.7 Å². The van der Waals surface area contributed by atoms with Crippen molar-refractivity contribution in [2.24, 2.45) is 17.6 Å². The number of nitrogens with two attached hydrogens (primary N) is 1. The number of nitrogens with zero attached hydrogens (tertiary/aromatic N) is 2. The van der Waals surface area contributed by atoms with Gasteiger partial charge in [0.25, 0.3) is 0 Å². The molecule has 0 radical (unpaired) electrons. The van der Waals surface area contributed by atoms with Crippen LogP contribution in [0.2, 0.25) is 0 Å². The molecule has 1 aliphatic heterocycles. The lowest BCUT2D eigenvalue weighted by Gasteiger charge is -2.38. The molecule has 144 valence electrons. The van der Waals surface area contributed by atoms with Crippen LogP contribution in [0.3, 0.4) is 0 Å². The molecule has 8 heteroatoms. The van der Waals surface area contributed by atoms with Crippen LogP contribution in [0, 0.1) is 11.8 Å². The highest BCUT2D eigenvalue weighted by Crippen LogP contribution is 2.33. The molecule has 3 N–H and O–H groups in total. The normalized spacial score (nSPS) is 24.1. The largest absolute Gasteiger partial charge is 0.367 e. The summed E-state index contributed by atoms with van der Waals surface area (Å²) in [5, 5.41) is 0. The maximum absolute atomic E-state index is 12.8.